The van der Waals surface area contributed by atoms with Gasteiger partial charge in [-0.05, 0) is 73.2 Å². The average Bonchev–Trinajstić information content (AvgIpc) is 3.24. The first-order valence-electron chi connectivity index (χ1n) is 10.2. The van der Waals surface area contributed by atoms with E-state index in [1.165, 1.54) is 36.0 Å². The molecule has 0 aliphatic rings. The van der Waals surface area contributed by atoms with Crippen LogP contribution in [0.25, 0.3) is 17.1 Å². The summed E-state index contributed by atoms with van der Waals surface area (Å²) in [6.45, 7) is 1.91. The molecule has 0 aliphatic carbocycles. The molecule has 1 amide bonds. The molecule has 0 saturated carbocycles. The number of primary sulfonamides is 1. The fraction of sp³-hybridized carbons (Fsp3) is 0.0870. The van der Waals surface area contributed by atoms with Crippen LogP contribution in [0.15, 0.2) is 76.8 Å². The van der Waals surface area contributed by atoms with Gasteiger partial charge in [-0.3, -0.25) is 9.36 Å². The number of benzene rings is 3. The zero-order chi connectivity index (χ0) is 25.2. The molecule has 0 unspecified atom stereocenters. The van der Waals surface area contributed by atoms with Crippen LogP contribution in [-0.2, 0) is 14.8 Å². The SMILES string of the molecule is Cc1ccc(-n2c(SCC(=O)Nc3ccc(S(N)(=O)=O)cc3)nnc2-c2ccc(Cl)cc2)cc1Cl. The number of hydrogen-bond donors (Lipinski definition) is 2. The van der Waals surface area contributed by atoms with Crippen molar-refractivity contribution in [1.29, 1.82) is 0 Å². The number of sulfonamides is 1. The second kappa shape index (κ2) is 10.4. The van der Waals surface area contributed by atoms with Gasteiger partial charge in [0.1, 0.15) is 0 Å². The number of anilines is 1. The van der Waals surface area contributed by atoms with Crippen molar-refractivity contribution in [3.05, 3.63) is 82.3 Å². The number of nitrogens with zero attached hydrogens (tertiary/aromatic N) is 3. The molecule has 4 aromatic rings. The van der Waals surface area contributed by atoms with E-state index in [0.717, 1.165) is 16.8 Å². The fourth-order valence-corrected chi connectivity index (χ4v) is 4.73. The number of aromatic nitrogens is 3. The summed E-state index contributed by atoms with van der Waals surface area (Å²) < 4.78 is 24.6. The predicted molar refractivity (Wildman–Crippen MR) is 139 cm³/mol. The lowest BCUT2D eigenvalue weighted by Crippen LogP contribution is -2.15. The van der Waals surface area contributed by atoms with Crippen LogP contribution in [0.1, 0.15) is 5.56 Å². The quantitative estimate of drug-likeness (QED) is 0.316. The Morgan fingerprint density at radius 1 is 1.03 bits per heavy atom. The molecule has 0 aliphatic heterocycles. The Labute approximate surface area is 216 Å². The summed E-state index contributed by atoms with van der Waals surface area (Å²) in [6, 6.07) is 18.4. The van der Waals surface area contributed by atoms with Crippen LogP contribution in [-0.4, -0.2) is 34.8 Å². The number of aryl methyl sites for hydroxylation is 1. The minimum Gasteiger partial charge on any atom is -0.325 e. The summed E-state index contributed by atoms with van der Waals surface area (Å²) in [7, 11) is -3.81. The Bertz CT molecular complexity index is 1490. The van der Waals surface area contributed by atoms with Gasteiger partial charge in [0.2, 0.25) is 15.9 Å². The zero-order valence-electron chi connectivity index (χ0n) is 18.3. The van der Waals surface area contributed by atoms with Crippen LogP contribution in [0.4, 0.5) is 5.69 Å². The molecule has 3 N–H and O–H groups in total. The zero-order valence-corrected chi connectivity index (χ0v) is 21.4. The highest BCUT2D eigenvalue weighted by Crippen LogP contribution is 2.30. The van der Waals surface area contributed by atoms with Crippen LogP contribution in [0.5, 0.6) is 0 Å². The van der Waals surface area contributed by atoms with Crippen molar-refractivity contribution in [2.45, 2.75) is 17.0 Å². The van der Waals surface area contributed by atoms with Crippen molar-refractivity contribution < 1.29 is 13.2 Å². The van der Waals surface area contributed by atoms with Gasteiger partial charge in [0.05, 0.1) is 16.3 Å². The minimum atomic E-state index is -3.81. The van der Waals surface area contributed by atoms with E-state index in [1.54, 1.807) is 12.1 Å². The molecule has 1 heterocycles. The van der Waals surface area contributed by atoms with Crippen LogP contribution < -0.4 is 10.5 Å². The number of carbonyl (C=O) groups excluding carboxylic acids is 1. The van der Waals surface area contributed by atoms with Gasteiger partial charge in [-0.15, -0.1) is 10.2 Å². The van der Waals surface area contributed by atoms with Gasteiger partial charge >= 0.3 is 0 Å². The number of thioether (sulfide) groups is 1. The normalized spacial score (nSPS) is 11.4. The van der Waals surface area contributed by atoms with Crippen molar-refractivity contribution in [3.8, 4) is 17.1 Å². The summed E-state index contributed by atoms with van der Waals surface area (Å²) in [6.07, 6.45) is 0. The van der Waals surface area contributed by atoms with E-state index in [0.29, 0.717) is 26.7 Å². The predicted octanol–water partition coefficient (Wildman–Crippen LogP) is 4.93. The van der Waals surface area contributed by atoms with E-state index in [-0.39, 0.29) is 16.6 Å². The molecule has 0 spiro atoms. The summed E-state index contributed by atoms with van der Waals surface area (Å²) >= 11 is 13.6. The maximum Gasteiger partial charge on any atom is 0.238 e. The van der Waals surface area contributed by atoms with Gasteiger partial charge < -0.3 is 5.32 Å². The van der Waals surface area contributed by atoms with Crippen molar-refractivity contribution in [2.24, 2.45) is 5.14 Å². The molecule has 0 saturated heterocycles. The maximum absolute atomic E-state index is 12.6. The number of hydrogen-bond acceptors (Lipinski definition) is 6. The molecule has 12 heteroatoms. The molecule has 4 rings (SSSR count). The van der Waals surface area contributed by atoms with E-state index in [2.05, 4.69) is 15.5 Å². The van der Waals surface area contributed by atoms with Crippen molar-refractivity contribution in [1.82, 2.24) is 14.8 Å². The van der Waals surface area contributed by atoms with Crippen LogP contribution in [0.2, 0.25) is 10.0 Å². The summed E-state index contributed by atoms with van der Waals surface area (Å²) in [4.78, 5) is 12.5. The van der Waals surface area contributed by atoms with E-state index < -0.39 is 10.0 Å². The van der Waals surface area contributed by atoms with Crippen molar-refractivity contribution in [3.63, 3.8) is 0 Å². The standard InChI is InChI=1S/C23H19Cl2N5O3S2/c1-14-2-9-18(12-20(14)25)30-22(15-3-5-16(24)6-4-15)28-29-23(30)34-13-21(31)27-17-7-10-19(11-8-17)35(26,32)33/h2-12H,13H2,1H3,(H,27,31)(H2,26,32,33). The Morgan fingerprint density at radius 3 is 2.34 bits per heavy atom. The van der Waals surface area contributed by atoms with Crippen LogP contribution in [0.3, 0.4) is 0 Å². The van der Waals surface area contributed by atoms with E-state index in [4.69, 9.17) is 28.3 Å². The molecule has 0 atom stereocenters. The topological polar surface area (TPSA) is 120 Å². The van der Waals surface area contributed by atoms with Crippen LogP contribution >= 0.6 is 35.0 Å². The molecule has 0 bridgehead atoms. The highest BCUT2D eigenvalue weighted by Gasteiger charge is 2.18. The summed E-state index contributed by atoms with van der Waals surface area (Å²) in [5, 5.41) is 18.2. The molecule has 1 aromatic heterocycles. The summed E-state index contributed by atoms with van der Waals surface area (Å²) in [5.74, 6) is 0.306. The van der Waals surface area contributed by atoms with Gasteiger partial charge in [0.15, 0.2) is 11.0 Å². The van der Waals surface area contributed by atoms with Gasteiger partial charge in [-0.2, -0.15) is 0 Å². The first kappa shape index (κ1) is 25.2. The Hall–Kier alpha value is -2.89. The van der Waals surface area contributed by atoms with Gasteiger partial charge in [0, 0.05) is 21.3 Å². The number of nitrogens with two attached hydrogens (primary N) is 1. The largest absolute Gasteiger partial charge is 0.325 e. The Balaban J connectivity index is 1.58. The summed E-state index contributed by atoms with van der Waals surface area (Å²) in [5.41, 5.74) is 2.91. The Kier molecular flexibility index (Phi) is 7.48. The first-order chi connectivity index (χ1) is 16.6. The molecule has 8 nitrogen and oxygen atoms in total. The lowest BCUT2D eigenvalue weighted by atomic mass is 10.2. The smallest absolute Gasteiger partial charge is 0.238 e. The minimum absolute atomic E-state index is 0.0370. The highest BCUT2D eigenvalue weighted by molar-refractivity contribution is 7.99. The lowest BCUT2D eigenvalue weighted by Gasteiger charge is -2.12. The second-order valence-corrected chi connectivity index (χ2v) is 10.8. The first-order valence-corrected chi connectivity index (χ1v) is 13.4. The van der Waals surface area contributed by atoms with E-state index >= 15 is 0 Å². The molecule has 0 fully saturated rings. The number of nitrogens with one attached hydrogen (secondary N) is 1. The number of amides is 1. The highest BCUT2D eigenvalue weighted by atomic mass is 35.5. The third kappa shape index (κ3) is 6.03. The van der Waals surface area contributed by atoms with Crippen molar-refractivity contribution in [2.75, 3.05) is 11.1 Å². The molecule has 180 valence electrons. The van der Waals surface area contributed by atoms with Gasteiger partial charge in [-0.1, -0.05) is 41.0 Å². The number of halogens is 2. The van der Waals surface area contributed by atoms with Crippen LogP contribution in [0, 0.1) is 6.92 Å². The Morgan fingerprint density at radius 2 is 1.71 bits per heavy atom. The molecular formula is C23H19Cl2N5O3S2. The monoisotopic (exact) mass is 547 g/mol. The van der Waals surface area contributed by atoms with Gasteiger partial charge in [-0.25, -0.2) is 13.6 Å². The molecular weight excluding hydrogens is 529 g/mol. The molecule has 3 aromatic carbocycles. The lowest BCUT2D eigenvalue weighted by molar-refractivity contribution is -0.113. The van der Waals surface area contributed by atoms with Gasteiger partial charge in [0.25, 0.3) is 0 Å². The number of rotatable bonds is 7. The molecule has 35 heavy (non-hydrogen) atoms. The molecule has 0 radical (unpaired) electrons. The maximum atomic E-state index is 12.6. The third-order valence-corrected chi connectivity index (χ3v) is 7.47. The second-order valence-electron chi connectivity index (χ2n) is 7.49. The van der Waals surface area contributed by atoms with E-state index in [9.17, 15) is 13.2 Å². The number of carbonyl (C=O) groups is 1. The van der Waals surface area contributed by atoms with Crippen molar-refractivity contribution >= 4 is 56.6 Å². The average molecular weight is 548 g/mol. The third-order valence-electron chi connectivity index (χ3n) is 4.95. The fourth-order valence-electron chi connectivity index (χ4n) is 3.16. The van der Waals surface area contributed by atoms with E-state index in [1.807, 2.05) is 41.8 Å².